The summed E-state index contributed by atoms with van der Waals surface area (Å²) < 4.78 is 37.2. The largest absolute Gasteiger partial charge is 0.483 e. The third kappa shape index (κ3) is 3.17. The Balaban J connectivity index is 2.06. The van der Waals surface area contributed by atoms with Crippen LogP contribution in [0.2, 0.25) is 0 Å². The molecule has 2 rings (SSSR count). The maximum atomic E-state index is 13.5. The molecule has 1 fully saturated rings. The lowest BCUT2D eigenvalue weighted by atomic mass is 10.1. The van der Waals surface area contributed by atoms with Gasteiger partial charge in [0.15, 0.2) is 11.6 Å². The molecule has 0 aliphatic carbocycles. The van der Waals surface area contributed by atoms with Crippen molar-refractivity contribution in [3.05, 3.63) is 29.8 Å². The van der Waals surface area contributed by atoms with Crippen LogP contribution in [0, 0.1) is 11.6 Å². The lowest BCUT2D eigenvalue weighted by Crippen LogP contribution is -2.49. The maximum Gasteiger partial charge on any atom is 0.167 e. The number of halogens is 2. The molecule has 3 nitrogen and oxygen atoms in total. The van der Waals surface area contributed by atoms with Crippen molar-refractivity contribution in [2.45, 2.75) is 25.5 Å². The van der Waals surface area contributed by atoms with Crippen molar-refractivity contribution in [2.75, 3.05) is 19.8 Å². The summed E-state index contributed by atoms with van der Waals surface area (Å²) in [6.45, 7) is 3.90. The van der Waals surface area contributed by atoms with Gasteiger partial charge in [-0.25, -0.2) is 8.78 Å². The van der Waals surface area contributed by atoms with Crippen LogP contribution in [0.15, 0.2) is 18.2 Å². The normalized spacial score (nSPS) is 23.9. The number of hydrogen-bond acceptors (Lipinski definition) is 3. The average Bonchev–Trinajstić information content (AvgIpc) is 2.35. The minimum atomic E-state index is -0.684. The van der Waals surface area contributed by atoms with Gasteiger partial charge in [0.25, 0.3) is 0 Å². The Bertz CT molecular complexity index is 399. The molecule has 1 aromatic carbocycles. The Kier molecular flexibility index (Phi) is 4.49. The SMILES string of the molecule is CCNC1CCOCC1Oc1ccc(F)cc1F. The predicted octanol–water partition coefficient (Wildman–Crippen LogP) is 2.11. The number of ether oxygens (including phenoxy) is 2. The molecular weight excluding hydrogens is 240 g/mol. The van der Waals surface area contributed by atoms with Crippen molar-refractivity contribution in [1.29, 1.82) is 0 Å². The van der Waals surface area contributed by atoms with Gasteiger partial charge in [-0.05, 0) is 25.1 Å². The highest BCUT2D eigenvalue weighted by Gasteiger charge is 2.27. The van der Waals surface area contributed by atoms with Crippen molar-refractivity contribution in [1.82, 2.24) is 5.32 Å². The van der Waals surface area contributed by atoms with E-state index in [1.54, 1.807) is 0 Å². The molecule has 1 saturated heterocycles. The molecule has 18 heavy (non-hydrogen) atoms. The van der Waals surface area contributed by atoms with Crippen LogP contribution in [0.3, 0.4) is 0 Å². The minimum absolute atomic E-state index is 0.0646. The lowest BCUT2D eigenvalue weighted by Gasteiger charge is -2.32. The molecule has 1 aliphatic rings. The second kappa shape index (κ2) is 6.11. The highest BCUT2D eigenvalue weighted by Crippen LogP contribution is 2.22. The van der Waals surface area contributed by atoms with Gasteiger partial charge in [0.2, 0.25) is 0 Å². The number of rotatable bonds is 4. The first-order valence-corrected chi connectivity index (χ1v) is 6.13. The molecule has 0 radical (unpaired) electrons. The second-order valence-electron chi connectivity index (χ2n) is 4.26. The van der Waals surface area contributed by atoms with Crippen molar-refractivity contribution in [3.63, 3.8) is 0 Å². The summed E-state index contributed by atoms with van der Waals surface area (Å²) in [4.78, 5) is 0. The van der Waals surface area contributed by atoms with E-state index in [-0.39, 0.29) is 17.9 Å². The highest BCUT2D eigenvalue weighted by molar-refractivity contribution is 5.25. The van der Waals surface area contributed by atoms with E-state index in [1.807, 2.05) is 6.92 Å². The fourth-order valence-electron chi connectivity index (χ4n) is 2.06. The Morgan fingerprint density at radius 3 is 3.00 bits per heavy atom. The van der Waals surface area contributed by atoms with E-state index in [1.165, 1.54) is 12.1 Å². The first kappa shape index (κ1) is 13.2. The molecular formula is C13H17F2NO2. The summed E-state index contributed by atoms with van der Waals surface area (Å²) in [5.41, 5.74) is 0. The summed E-state index contributed by atoms with van der Waals surface area (Å²) in [5, 5.41) is 3.28. The van der Waals surface area contributed by atoms with E-state index < -0.39 is 11.6 Å². The Labute approximate surface area is 105 Å². The Morgan fingerprint density at radius 1 is 1.44 bits per heavy atom. The van der Waals surface area contributed by atoms with Crippen molar-refractivity contribution >= 4 is 0 Å². The topological polar surface area (TPSA) is 30.5 Å². The summed E-state index contributed by atoms with van der Waals surface area (Å²) in [6, 6.07) is 3.45. The van der Waals surface area contributed by atoms with Gasteiger partial charge < -0.3 is 14.8 Å². The monoisotopic (exact) mass is 257 g/mol. The molecule has 0 spiro atoms. The van der Waals surface area contributed by atoms with Crippen molar-refractivity contribution in [2.24, 2.45) is 0 Å². The van der Waals surface area contributed by atoms with Crippen molar-refractivity contribution in [3.8, 4) is 5.75 Å². The van der Waals surface area contributed by atoms with E-state index in [9.17, 15) is 8.78 Å². The van der Waals surface area contributed by atoms with Crippen LogP contribution in [0.4, 0.5) is 8.78 Å². The third-order valence-corrected chi connectivity index (χ3v) is 2.94. The number of likely N-dealkylation sites (N-methyl/N-ethyl adjacent to an activating group) is 1. The fourth-order valence-corrected chi connectivity index (χ4v) is 2.06. The molecule has 5 heteroatoms. The molecule has 2 unspecified atom stereocenters. The van der Waals surface area contributed by atoms with E-state index in [2.05, 4.69) is 5.32 Å². The van der Waals surface area contributed by atoms with Gasteiger partial charge in [0.1, 0.15) is 11.9 Å². The minimum Gasteiger partial charge on any atom is -0.483 e. The quantitative estimate of drug-likeness (QED) is 0.896. The van der Waals surface area contributed by atoms with Gasteiger partial charge in [-0.15, -0.1) is 0 Å². The molecule has 0 saturated carbocycles. The zero-order chi connectivity index (χ0) is 13.0. The predicted molar refractivity (Wildman–Crippen MR) is 63.7 cm³/mol. The van der Waals surface area contributed by atoms with Crippen LogP contribution in [0.1, 0.15) is 13.3 Å². The first-order valence-electron chi connectivity index (χ1n) is 6.13. The summed E-state index contributed by atoms with van der Waals surface area (Å²) in [5.74, 6) is -1.23. The van der Waals surface area contributed by atoms with Crippen LogP contribution in [0.25, 0.3) is 0 Å². The highest BCUT2D eigenvalue weighted by atomic mass is 19.1. The van der Waals surface area contributed by atoms with E-state index in [0.29, 0.717) is 13.2 Å². The molecule has 1 N–H and O–H groups in total. The van der Waals surface area contributed by atoms with Gasteiger partial charge in [-0.3, -0.25) is 0 Å². The zero-order valence-electron chi connectivity index (χ0n) is 10.3. The van der Waals surface area contributed by atoms with Gasteiger partial charge in [-0.1, -0.05) is 6.92 Å². The molecule has 100 valence electrons. The van der Waals surface area contributed by atoms with E-state index in [0.717, 1.165) is 19.0 Å². The van der Waals surface area contributed by atoms with Gasteiger partial charge in [-0.2, -0.15) is 0 Å². The fraction of sp³-hybridized carbons (Fsp3) is 0.538. The van der Waals surface area contributed by atoms with Crippen LogP contribution < -0.4 is 10.1 Å². The lowest BCUT2D eigenvalue weighted by molar-refractivity contribution is -0.0157. The van der Waals surface area contributed by atoms with Crippen LogP contribution >= 0.6 is 0 Å². The Hall–Kier alpha value is -1.20. The molecule has 0 bridgehead atoms. The molecule has 1 aliphatic heterocycles. The standard InChI is InChI=1S/C13H17F2NO2/c1-2-16-11-5-6-17-8-13(11)18-12-4-3-9(14)7-10(12)15/h3-4,7,11,13,16H,2,5-6,8H2,1H3. The molecule has 1 aromatic rings. The van der Waals surface area contributed by atoms with Crippen LogP contribution in [-0.4, -0.2) is 31.9 Å². The average molecular weight is 257 g/mol. The summed E-state index contributed by atoms with van der Waals surface area (Å²) >= 11 is 0. The third-order valence-electron chi connectivity index (χ3n) is 2.94. The maximum absolute atomic E-state index is 13.5. The van der Waals surface area contributed by atoms with Gasteiger partial charge >= 0.3 is 0 Å². The number of hydrogen-bond donors (Lipinski definition) is 1. The zero-order valence-corrected chi connectivity index (χ0v) is 10.3. The van der Waals surface area contributed by atoms with Crippen LogP contribution in [0.5, 0.6) is 5.75 Å². The smallest absolute Gasteiger partial charge is 0.167 e. The van der Waals surface area contributed by atoms with Crippen LogP contribution in [-0.2, 0) is 4.74 Å². The van der Waals surface area contributed by atoms with E-state index >= 15 is 0 Å². The molecule has 0 amide bonds. The number of nitrogens with one attached hydrogen (secondary N) is 1. The van der Waals surface area contributed by atoms with E-state index in [4.69, 9.17) is 9.47 Å². The Morgan fingerprint density at radius 2 is 2.28 bits per heavy atom. The number of benzene rings is 1. The summed E-state index contributed by atoms with van der Waals surface area (Å²) in [7, 11) is 0. The van der Waals surface area contributed by atoms with Gasteiger partial charge in [0.05, 0.1) is 6.61 Å². The molecule has 1 heterocycles. The first-order chi connectivity index (χ1) is 8.70. The van der Waals surface area contributed by atoms with Gasteiger partial charge in [0, 0.05) is 18.7 Å². The molecule has 0 aromatic heterocycles. The molecule has 2 atom stereocenters. The second-order valence-corrected chi connectivity index (χ2v) is 4.26. The van der Waals surface area contributed by atoms with Crippen molar-refractivity contribution < 1.29 is 18.3 Å². The summed E-state index contributed by atoms with van der Waals surface area (Å²) in [6.07, 6.45) is 0.570.